The van der Waals surface area contributed by atoms with Gasteiger partial charge in [0.15, 0.2) is 5.96 Å². The number of aryl methyl sites for hydroxylation is 2. The number of anilines is 1. The summed E-state index contributed by atoms with van der Waals surface area (Å²) in [6.07, 6.45) is 1.75. The average molecular weight is 565 g/mol. The first-order chi connectivity index (χ1) is 14.5. The largest absolute Gasteiger partial charge is 0.433 e. The molecule has 6 nitrogen and oxygen atoms in total. The first-order valence-electron chi connectivity index (χ1n) is 10.2. The van der Waals surface area contributed by atoms with E-state index in [1.54, 1.807) is 23.5 Å². The highest BCUT2D eigenvalue weighted by Crippen LogP contribution is 2.31. The lowest BCUT2D eigenvalue weighted by atomic mass is 10.2. The van der Waals surface area contributed by atoms with Crippen molar-refractivity contribution in [2.75, 3.05) is 31.1 Å². The second kappa shape index (κ2) is 12.4. The van der Waals surface area contributed by atoms with Crippen molar-refractivity contribution < 1.29 is 13.5 Å². The van der Waals surface area contributed by atoms with E-state index in [-0.39, 0.29) is 35.8 Å². The highest BCUT2D eigenvalue weighted by atomic mass is 127. The fourth-order valence-electron chi connectivity index (χ4n) is 3.60. The van der Waals surface area contributed by atoms with Gasteiger partial charge in [0.05, 0.1) is 16.4 Å². The number of rotatable bonds is 8. The van der Waals surface area contributed by atoms with Crippen LogP contribution in [0.2, 0.25) is 0 Å². The number of hydrogen-bond donors (Lipinski definition) is 2. The number of thiazole rings is 1. The van der Waals surface area contributed by atoms with E-state index in [0.29, 0.717) is 18.8 Å². The molecule has 172 valence electrons. The van der Waals surface area contributed by atoms with Crippen LogP contribution in [0, 0.1) is 13.8 Å². The molecule has 0 radical (unpaired) electrons. The highest BCUT2D eigenvalue weighted by molar-refractivity contribution is 14.0. The molecule has 1 aromatic heterocycles. The molecule has 1 atom stereocenters. The molecule has 0 spiro atoms. The van der Waals surface area contributed by atoms with Gasteiger partial charge in [-0.15, -0.1) is 35.3 Å². The van der Waals surface area contributed by atoms with Gasteiger partial charge in [-0.3, -0.25) is 4.99 Å². The van der Waals surface area contributed by atoms with Gasteiger partial charge in [0.2, 0.25) is 0 Å². The summed E-state index contributed by atoms with van der Waals surface area (Å²) in [5, 5.41) is 7.85. The topological polar surface area (TPSA) is 61.8 Å². The van der Waals surface area contributed by atoms with Crippen LogP contribution < -0.4 is 20.3 Å². The molecule has 3 rings (SSSR count). The minimum atomic E-state index is -2.83. The fourth-order valence-corrected chi connectivity index (χ4v) is 4.52. The molecule has 31 heavy (non-hydrogen) atoms. The van der Waals surface area contributed by atoms with Gasteiger partial charge in [0, 0.05) is 43.5 Å². The SMILES string of the molecule is CCNC(=NCCc1sc(C)nc1C)NC1CCN(c2ccccc2OC(F)F)C1.I. The van der Waals surface area contributed by atoms with Crippen molar-refractivity contribution in [2.24, 2.45) is 4.99 Å². The number of nitrogens with zero attached hydrogens (tertiary/aromatic N) is 3. The number of aliphatic imine (C=N–C) groups is 1. The Morgan fingerprint density at radius 1 is 1.35 bits per heavy atom. The van der Waals surface area contributed by atoms with E-state index < -0.39 is 6.61 Å². The smallest absolute Gasteiger partial charge is 0.387 e. The lowest BCUT2D eigenvalue weighted by Gasteiger charge is -2.22. The van der Waals surface area contributed by atoms with Gasteiger partial charge in [-0.05, 0) is 39.3 Å². The van der Waals surface area contributed by atoms with Gasteiger partial charge in [0.1, 0.15) is 5.75 Å². The monoisotopic (exact) mass is 565 g/mol. The normalized spacial score (nSPS) is 16.4. The maximum absolute atomic E-state index is 12.7. The lowest BCUT2D eigenvalue weighted by molar-refractivity contribution is -0.0495. The summed E-state index contributed by atoms with van der Waals surface area (Å²) in [7, 11) is 0. The van der Waals surface area contributed by atoms with E-state index in [0.717, 1.165) is 42.6 Å². The Labute approximate surface area is 203 Å². The maximum atomic E-state index is 12.7. The van der Waals surface area contributed by atoms with Crippen molar-refractivity contribution in [1.29, 1.82) is 0 Å². The number of para-hydroxylation sites is 2. The highest BCUT2D eigenvalue weighted by Gasteiger charge is 2.26. The van der Waals surface area contributed by atoms with Crippen molar-refractivity contribution >= 4 is 47.0 Å². The van der Waals surface area contributed by atoms with E-state index in [4.69, 9.17) is 4.99 Å². The molecule has 0 aliphatic carbocycles. The number of alkyl halides is 2. The summed E-state index contributed by atoms with van der Waals surface area (Å²) >= 11 is 1.72. The Hall–Kier alpha value is -1.69. The van der Waals surface area contributed by atoms with Crippen LogP contribution in [0.15, 0.2) is 29.3 Å². The first-order valence-corrected chi connectivity index (χ1v) is 11.0. The molecule has 0 amide bonds. The zero-order valence-corrected chi connectivity index (χ0v) is 21.2. The van der Waals surface area contributed by atoms with E-state index in [1.165, 1.54) is 4.88 Å². The molecule has 2 heterocycles. The van der Waals surface area contributed by atoms with Gasteiger partial charge in [-0.2, -0.15) is 8.78 Å². The molecule has 1 saturated heterocycles. The predicted molar refractivity (Wildman–Crippen MR) is 134 cm³/mol. The number of aromatic nitrogens is 1. The third-order valence-corrected chi connectivity index (χ3v) is 6.04. The van der Waals surface area contributed by atoms with Gasteiger partial charge in [0.25, 0.3) is 0 Å². The van der Waals surface area contributed by atoms with Crippen LogP contribution in [0.3, 0.4) is 0 Å². The first kappa shape index (κ1) is 25.6. The predicted octanol–water partition coefficient (Wildman–Crippen LogP) is 4.36. The van der Waals surface area contributed by atoms with Crippen LogP contribution in [-0.4, -0.2) is 49.8 Å². The summed E-state index contributed by atoms with van der Waals surface area (Å²) in [5.41, 5.74) is 1.78. The molecule has 1 aliphatic rings. The van der Waals surface area contributed by atoms with Crippen molar-refractivity contribution in [3.63, 3.8) is 0 Å². The number of halogens is 3. The second-order valence-corrected chi connectivity index (χ2v) is 8.46. The van der Waals surface area contributed by atoms with E-state index in [9.17, 15) is 8.78 Å². The molecule has 0 saturated carbocycles. The Morgan fingerprint density at radius 3 is 2.81 bits per heavy atom. The minimum absolute atomic E-state index is 0. The van der Waals surface area contributed by atoms with Crippen LogP contribution in [-0.2, 0) is 6.42 Å². The summed E-state index contributed by atoms with van der Waals surface area (Å²) in [6.45, 7) is 6.17. The Balaban J connectivity index is 0.00000341. The van der Waals surface area contributed by atoms with E-state index in [1.807, 2.05) is 32.9 Å². The minimum Gasteiger partial charge on any atom is -0.433 e. The van der Waals surface area contributed by atoms with Crippen LogP contribution in [0.5, 0.6) is 5.75 Å². The molecular formula is C21H30F2IN5OS. The quantitative estimate of drug-likeness (QED) is 0.283. The van der Waals surface area contributed by atoms with Gasteiger partial charge >= 0.3 is 6.61 Å². The Morgan fingerprint density at radius 2 is 2.13 bits per heavy atom. The van der Waals surface area contributed by atoms with Crippen molar-refractivity contribution in [1.82, 2.24) is 15.6 Å². The summed E-state index contributed by atoms with van der Waals surface area (Å²) in [4.78, 5) is 12.5. The number of hydrogen-bond acceptors (Lipinski definition) is 5. The number of nitrogens with one attached hydrogen (secondary N) is 2. The molecule has 2 aromatic rings. The van der Waals surface area contributed by atoms with Crippen LogP contribution in [0.25, 0.3) is 0 Å². The van der Waals surface area contributed by atoms with Crippen LogP contribution >= 0.6 is 35.3 Å². The number of ether oxygens (including phenoxy) is 1. The molecule has 1 fully saturated rings. The molecule has 1 aliphatic heterocycles. The summed E-state index contributed by atoms with van der Waals surface area (Å²) in [5.74, 6) is 0.990. The average Bonchev–Trinajstić information content (AvgIpc) is 3.28. The Bertz CT molecular complexity index is 864. The molecule has 1 unspecified atom stereocenters. The van der Waals surface area contributed by atoms with Gasteiger partial charge in [-0.1, -0.05) is 12.1 Å². The molecule has 1 aromatic carbocycles. The molecule has 0 bridgehead atoms. The number of guanidine groups is 1. The summed E-state index contributed by atoms with van der Waals surface area (Å²) < 4.78 is 30.1. The van der Waals surface area contributed by atoms with Gasteiger partial charge in [-0.25, -0.2) is 4.98 Å². The van der Waals surface area contributed by atoms with Crippen molar-refractivity contribution in [3.8, 4) is 5.75 Å². The third kappa shape index (κ3) is 7.44. The fraction of sp³-hybridized carbons (Fsp3) is 0.524. The third-order valence-electron chi connectivity index (χ3n) is 4.90. The molecule has 2 N–H and O–H groups in total. The van der Waals surface area contributed by atoms with Gasteiger partial charge < -0.3 is 20.3 Å². The van der Waals surface area contributed by atoms with Crippen LogP contribution in [0.1, 0.15) is 28.9 Å². The van der Waals surface area contributed by atoms with Crippen LogP contribution in [0.4, 0.5) is 14.5 Å². The van der Waals surface area contributed by atoms with Crippen molar-refractivity contribution in [3.05, 3.63) is 39.8 Å². The number of benzene rings is 1. The Kier molecular flexibility index (Phi) is 10.2. The lowest BCUT2D eigenvalue weighted by Crippen LogP contribution is -2.44. The summed E-state index contributed by atoms with van der Waals surface area (Å²) in [6, 6.07) is 7.11. The van der Waals surface area contributed by atoms with E-state index >= 15 is 0 Å². The van der Waals surface area contributed by atoms with E-state index in [2.05, 4.69) is 25.3 Å². The molecule has 10 heteroatoms. The zero-order valence-electron chi connectivity index (χ0n) is 18.0. The standard InChI is InChI=1S/C21H29F2N5OS.HI/c1-4-24-21(25-11-9-19-14(2)26-15(3)30-19)27-16-10-12-28(13-16)17-7-5-6-8-18(17)29-20(22)23;/h5-8,16,20H,4,9-13H2,1-3H3,(H2,24,25,27);1H. The second-order valence-electron chi connectivity index (χ2n) is 7.17. The van der Waals surface area contributed by atoms with Crippen molar-refractivity contribution in [2.45, 2.75) is 46.3 Å². The zero-order chi connectivity index (χ0) is 21.5. The molecular weight excluding hydrogens is 535 g/mol. The maximum Gasteiger partial charge on any atom is 0.387 e.